The Morgan fingerprint density at radius 1 is 1.35 bits per heavy atom. The van der Waals surface area contributed by atoms with Crippen LogP contribution in [0.2, 0.25) is 0 Å². The third kappa shape index (κ3) is 4.14. The Morgan fingerprint density at radius 2 is 1.90 bits per heavy atom. The first-order valence-corrected chi connectivity index (χ1v) is 7.15. The lowest BCUT2D eigenvalue weighted by Crippen LogP contribution is -2.38. The first-order chi connectivity index (χ1) is 8.69. The zero-order chi connectivity index (χ0) is 14.8. The monoisotopic (exact) mass is 323 g/mol. The van der Waals surface area contributed by atoms with Gasteiger partial charge in [-0.1, -0.05) is 0 Å². The van der Waals surface area contributed by atoms with Crippen LogP contribution in [0.4, 0.5) is 5.69 Å². The van der Waals surface area contributed by atoms with Crippen molar-refractivity contribution >= 4 is 28.1 Å². The number of nitro benzene ring substituents is 1. The van der Waals surface area contributed by atoms with E-state index in [1.165, 1.54) is 6.07 Å². The molecule has 1 aromatic carbocycles. The van der Waals surface area contributed by atoms with E-state index in [2.05, 4.69) is 4.72 Å². The third-order valence-electron chi connectivity index (χ3n) is 2.69. The summed E-state index contributed by atoms with van der Waals surface area (Å²) in [6.07, 6.45) is 0. The first-order valence-electron chi connectivity index (χ1n) is 5.67. The summed E-state index contributed by atoms with van der Waals surface area (Å²) in [6, 6.07) is 2.13. The summed E-state index contributed by atoms with van der Waals surface area (Å²) in [6.45, 7) is 4.93. The van der Waals surface area contributed by atoms with E-state index in [4.69, 9.17) is 5.73 Å². The number of nitro groups is 1. The molecule has 0 heterocycles. The average Bonchev–Trinajstić information content (AvgIpc) is 2.27. The highest BCUT2D eigenvalue weighted by Gasteiger charge is 2.23. The Kier molecular flexibility index (Phi) is 6.55. The average molecular weight is 324 g/mol. The lowest BCUT2D eigenvalue weighted by atomic mass is 10.1. The van der Waals surface area contributed by atoms with Crippen molar-refractivity contribution < 1.29 is 13.3 Å². The number of benzene rings is 1. The lowest BCUT2D eigenvalue weighted by molar-refractivity contribution is -0.385. The van der Waals surface area contributed by atoms with Crippen molar-refractivity contribution in [2.75, 3.05) is 6.54 Å². The predicted molar refractivity (Wildman–Crippen MR) is 78.7 cm³/mol. The molecule has 7 nitrogen and oxygen atoms in total. The number of sulfonamides is 1. The molecule has 0 saturated carbocycles. The molecule has 0 radical (unpaired) electrons. The minimum Gasteiger partial charge on any atom is -0.329 e. The molecular formula is C11H18ClN3O4S. The molecule has 20 heavy (non-hydrogen) atoms. The number of halogens is 1. The van der Waals surface area contributed by atoms with Crippen LogP contribution in [0.25, 0.3) is 0 Å². The second-order valence-electron chi connectivity index (χ2n) is 4.42. The maximum absolute atomic E-state index is 12.1. The number of nitrogens with two attached hydrogens (primary N) is 1. The number of rotatable bonds is 5. The lowest BCUT2D eigenvalue weighted by Gasteiger charge is -2.14. The Balaban J connectivity index is 0.00000361. The number of aryl methyl sites for hydroxylation is 2. The fourth-order valence-electron chi connectivity index (χ4n) is 1.68. The summed E-state index contributed by atoms with van der Waals surface area (Å²) < 4.78 is 26.6. The van der Waals surface area contributed by atoms with Gasteiger partial charge >= 0.3 is 0 Å². The minimum absolute atomic E-state index is 0. The van der Waals surface area contributed by atoms with Gasteiger partial charge in [-0.3, -0.25) is 10.1 Å². The Morgan fingerprint density at radius 3 is 2.35 bits per heavy atom. The molecular weight excluding hydrogens is 306 g/mol. The van der Waals surface area contributed by atoms with Gasteiger partial charge < -0.3 is 5.73 Å². The zero-order valence-corrected chi connectivity index (χ0v) is 13.0. The fourth-order valence-corrected chi connectivity index (χ4v) is 3.19. The molecule has 1 atom stereocenters. The molecule has 0 aliphatic carbocycles. The molecule has 0 amide bonds. The minimum atomic E-state index is -3.81. The Hall–Kier alpha value is -1.22. The van der Waals surface area contributed by atoms with Crippen LogP contribution >= 0.6 is 12.4 Å². The van der Waals surface area contributed by atoms with Crippen molar-refractivity contribution in [3.63, 3.8) is 0 Å². The van der Waals surface area contributed by atoms with Gasteiger partial charge in [-0.2, -0.15) is 0 Å². The summed E-state index contributed by atoms with van der Waals surface area (Å²) in [5, 5.41) is 10.9. The van der Waals surface area contributed by atoms with Crippen molar-refractivity contribution in [2.45, 2.75) is 31.7 Å². The van der Waals surface area contributed by atoms with E-state index in [1.807, 2.05) is 0 Å². The van der Waals surface area contributed by atoms with Crippen LogP contribution in [0.5, 0.6) is 0 Å². The molecule has 0 aromatic heterocycles. The highest BCUT2D eigenvalue weighted by Crippen LogP contribution is 2.25. The largest absolute Gasteiger partial charge is 0.329 e. The summed E-state index contributed by atoms with van der Waals surface area (Å²) in [5.74, 6) is 0. The maximum atomic E-state index is 12.1. The van der Waals surface area contributed by atoms with Crippen LogP contribution in [0.1, 0.15) is 18.1 Å². The maximum Gasteiger partial charge on any atom is 0.273 e. The van der Waals surface area contributed by atoms with Gasteiger partial charge in [0.1, 0.15) is 0 Å². The summed E-state index contributed by atoms with van der Waals surface area (Å²) >= 11 is 0. The molecule has 0 fully saturated rings. The Labute approximate surface area is 124 Å². The summed E-state index contributed by atoms with van der Waals surface area (Å²) in [5.41, 5.74) is 6.03. The third-order valence-corrected chi connectivity index (χ3v) is 4.42. The van der Waals surface area contributed by atoms with E-state index in [9.17, 15) is 18.5 Å². The van der Waals surface area contributed by atoms with Crippen LogP contribution in [-0.2, 0) is 10.0 Å². The SMILES string of the molecule is Cc1cc(C)c(S(=O)(=O)N[C@@H](C)CN)cc1[N+](=O)[O-].Cl. The molecule has 114 valence electrons. The van der Waals surface area contributed by atoms with Gasteiger partial charge in [-0.25, -0.2) is 13.1 Å². The molecule has 0 aliphatic rings. The molecule has 0 spiro atoms. The molecule has 0 bridgehead atoms. The number of nitrogens with one attached hydrogen (secondary N) is 1. The van der Waals surface area contributed by atoms with E-state index >= 15 is 0 Å². The summed E-state index contributed by atoms with van der Waals surface area (Å²) in [7, 11) is -3.81. The second kappa shape index (κ2) is 6.98. The smallest absolute Gasteiger partial charge is 0.273 e. The van der Waals surface area contributed by atoms with Crippen molar-refractivity contribution in [3.05, 3.63) is 33.4 Å². The highest BCUT2D eigenvalue weighted by molar-refractivity contribution is 7.89. The molecule has 9 heteroatoms. The molecule has 0 unspecified atom stereocenters. The number of nitrogens with zero attached hydrogens (tertiary/aromatic N) is 1. The van der Waals surface area contributed by atoms with Crippen LogP contribution in [-0.4, -0.2) is 25.9 Å². The normalized spacial score (nSPS) is 12.6. The van der Waals surface area contributed by atoms with E-state index in [-0.39, 0.29) is 29.5 Å². The molecule has 1 aromatic rings. The van der Waals surface area contributed by atoms with E-state index < -0.39 is 21.0 Å². The van der Waals surface area contributed by atoms with Crippen molar-refractivity contribution in [1.82, 2.24) is 4.72 Å². The highest BCUT2D eigenvalue weighted by atomic mass is 35.5. The zero-order valence-electron chi connectivity index (χ0n) is 11.4. The van der Waals surface area contributed by atoms with Gasteiger partial charge in [0, 0.05) is 24.2 Å². The van der Waals surface area contributed by atoms with Gasteiger partial charge in [0.05, 0.1) is 9.82 Å². The van der Waals surface area contributed by atoms with Gasteiger partial charge in [0.15, 0.2) is 0 Å². The molecule has 3 N–H and O–H groups in total. The second-order valence-corrected chi connectivity index (χ2v) is 6.10. The van der Waals surface area contributed by atoms with E-state index in [1.54, 1.807) is 20.8 Å². The predicted octanol–water partition coefficient (Wildman–Crippen LogP) is 1.26. The number of hydrogen-bond donors (Lipinski definition) is 2. The van der Waals surface area contributed by atoms with Crippen LogP contribution in [0.3, 0.4) is 0 Å². The number of hydrogen-bond acceptors (Lipinski definition) is 5. The van der Waals surface area contributed by atoms with Crippen molar-refractivity contribution in [1.29, 1.82) is 0 Å². The van der Waals surface area contributed by atoms with Crippen molar-refractivity contribution in [2.24, 2.45) is 5.73 Å². The Bertz CT molecular complexity index is 604. The van der Waals surface area contributed by atoms with Gasteiger partial charge in [0.2, 0.25) is 10.0 Å². The van der Waals surface area contributed by atoms with E-state index in [0.717, 1.165) is 6.07 Å². The van der Waals surface area contributed by atoms with Crippen molar-refractivity contribution in [3.8, 4) is 0 Å². The van der Waals surface area contributed by atoms with Gasteiger partial charge in [-0.05, 0) is 32.4 Å². The van der Waals surface area contributed by atoms with Gasteiger partial charge in [0.25, 0.3) is 5.69 Å². The van der Waals surface area contributed by atoms with E-state index in [0.29, 0.717) is 11.1 Å². The molecule has 1 rings (SSSR count). The standard InChI is InChI=1S/C11H17N3O4S.ClH/c1-7-4-8(2)11(5-10(7)14(15)16)19(17,18)13-9(3)6-12;/h4-5,9,13H,6,12H2,1-3H3;1H/t9-;/m0./s1. The van der Waals surface area contributed by atoms with Crippen LogP contribution in [0.15, 0.2) is 17.0 Å². The first kappa shape index (κ1) is 18.8. The molecule has 0 aliphatic heterocycles. The fraction of sp³-hybridized carbons (Fsp3) is 0.455. The summed E-state index contributed by atoms with van der Waals surface area (Å²) in [4.78, 5) is 10.2. The topological polar surface area (TPSA) is 115 Å². The molecule has 0 saturated heterocycles. The van der Waals surface area contributed by atoms with Gasteiger partial charge in [-0.15, -0.1) is 12.4 Å². The van der Waals surface area contributed by atoms with Crippen LogP contribution < -0.4 is 10.5 Å². The van der Waals surface area contributed by atoms with Crippen LogP contribution in [0, 0.1) is 24.0 Å². The quantitative estimate of drug-likeness (QED) is 0.625.